The summed E-state index contributed by atoms with van der Waals surface area (Å²) in [6.07, 6.45) is -0.718. The van der Waals surface area contributed by atoms with E-state index in [4.69, 9.17) is 5.73 Å². The van der Waals surface area contributed by atoms with Crippen LogP contribution in [0.3, 0.4) is 0 Å². The van der Waals surface area contributed by atoms with E-state index in [1.807, 2.05) is 0 Å². The summed E-state index contributed by atoms with van der Waals surface area (Å²) in [5, 5.41) is 34.0. The van der Waals surface area contributed by atoms with Crippen LogP contribution in [0.1, 0.15) is 21.5 Å². The van der Waals surface area contributed by atoms with Crippen molar-refractivity contribution in [1.82, 2.24) is 4.90 Å². The number of halogens is 2. The molecule has 5 N–H and O–H groups in total. The minimum Gasteiger partial charge on any atom is -0.507 e. The number of benzene rings is 2. The zero-order valence-electron chi connectivity index (χ0n) is 21.2. The van der Waals surface area contributed by atoms with Gasteiger partial charge in [0.2, 0.25) is 5.91 Å². The number of aromatic hydroxyl groups is 1. The second-order valence-electron chi connectivity index (χ2n) is 10.5. The molecule has 2 aromatic rings. The Hall–Kier alpha value is -4.13. The average Bonchev–Trinajstić information content (AvgIpc) is 2.84. The van der Waals surface area contributed by atoms with Gasteiger partial charge in [-0.15, -0.1) is 0 Å². The standard InChI is InChI=1S/C28H24F2N2O8/c1-32(2)21-20-23(35)17-14(8-10-6-11(29)9-12(30)7-10)13-4-3-5-15(33)16(13)22(34)18(17)25(37)28(20,40)26(38)19(24(21)36)27(31)39/h3-9,17-21,23,33,35,40H,1-2H3,(H2,31,39)/b14-8+. The predicted octanol–water partition coefficient (Wildman–Crippen LogP) is 0.114. The lowest BCUT2D eigenvalue weighted by Gasteiger charge is -2.55. The Morgan fingerprint density at radius 2 is 1.68 bits per heavy atom. The van der Waals surface area contributed by atoms with E-state index in [9.17, 15) is 48.1 Å². The maximum Gasteiger partial charge on any atom is 0.235 e. The fourth-order valence-electron chi connectivity index (χ4n) is 6.51. The summed E-state index contributed by atoms with van der Waals surface area (Å²) in [5.74, 6) is -16.4. The number of nitrogens with zero attached hydrogens (tertiary/aromatic N) is 1. The molecule has 7 atom stereocenters. The molecule has 0 saturated heterocycles. The molecule has 3 aliphatic rings. The number of primary amides is 1. The Bertz CT molecular complexity index is 1530. The first-order valence-corrected chi connectivity index (χ1v) is 12.2. The number of Topliss-reactive ketones (excluding diaryl/α,β-unsaturated/α-hetero) is 4. The van der Waals surface area contributed by atoms with Crippen LogP contribution >= 0.6 is 0 Å². The van der Waals surface area contributed by atoms with Gasteiger partial charge in [0.1, 0.15) is 17.4 Å². The Balaban J connectivity index is 1.81. The average molecular weight is 555 g/mol. The number of fused-ring (bicyclic) bond motifs is 3. The molecule has 2 aromatic carbocycles. The summed E-state index contributed by atoms with van der Waals surface area (Å²) >= 11 is 0. The minimum atomic E-state index is -3.17. The van der Waals surface area contributed by atoms with Crippen LogP contribution in [0.15, 0.2) is 36.4 Å². The molecule has 0 bridgehead atoms. The van der Waals surface area contributed by atoms with Crippen molar-refractivity contribution in [3.05, 3.63) is 64.7 Å². The molecule has 7 unspecified atom stereocenters. The van der Waals surface area contributed by atoms with Crippen LogP contribution in [0.25, 0.3) is 11.6 Å². The number of aliphatic hydroxyl groups is 2. The molecule has 10 nitrogen and oxygen atoms in total. The van der Waals surface area contributed by atoms with Gasteiger partial charge < -0.3 is 21.1 Å². The van der Waals surface area contributed by atoms with Gasteiger partial charge in [0, 0.05) is 12.0 Å². The normalized spacial score (nSPS) is 32.6. The predicted molar refractivity (Wildman–Crippen MR) is 133 cm³/mol. The summed E-state index contributed by atoms with van der Waals surface area (Å²) in [7, 11) is 2.73. The number of rotatable bonds is 3. The number of amides is 1. The highest BCUT2D eigenvalue weighted by atomic mass is 19.1. The summed E-state index contributed by atoms with van der Waals surface area (Å²) < 4.78 is 28.1. The lowest BCUT2D eigenvalue weighted by Crippen LogP contribution is -2.77. The molecule has 12 heteroatoms. The Labute approximate surface area is 225 Å². The van der Waals surface area contributed by atoms with Gasteiger partial charge in [-0.1, -0.05) is 18.2 Å². The quantitative estimate of drug-likeness (QED) is 0.384. The summed E-state index contributed by atoms with van der Waals surface area (Å²) in [4.78, 5) is 67.8. The fraction of sp³-hybridized carbons (Fsp3) is 0.321. The molecular formula is C28H24F2N2O8. The molecule has 0 radical (unpaired) electrons. The van der Waals surface area contributed by atoms with E-state index >= 15 is 0 Å². The molecule has 40 heavy (non-hydrogen) atoms. The van der Waals surface area contributed by atoms with Gasteiger partial charge in [0.25, 0.3) is 0 Å². The van der Waals surface area contributed by atoms with E-state index in [0.29, 0.717) is 6.07 Å². The molecule has 2 saturated carbocycles. The van der Waals surface area contributed by atoms with Crippen molar-refractivity contribution in [2.45, 2.75) is 17.7 Å². The van der Waals surface area contributed by atoms with E-state index in [2.05, 4.69) is 0 Å². The smallest absolute Gasteiger partial charge is 0.235 e. The van der Waals surface area contributed by atoms with Gasteiger partial charge in [0.05, 0.1) is 29.5 Å². The van der Waals surface area contributed by atoms with Crippen molar-refractivity contribution in [3.63, 3.8) is 0 Å². The zero-order valence-corrected chi connectivity index (χ0v) is 21.2. The third-order valence-corrected chi connectivity index (χ3v) is 8.08. The first kappa shape index (κ1) is 27.4. The number of aliphatic hydroxyl groups excluding tert-OH is 1. The van der Waals surface area contributed by atoms with Crippen molar-refractivity contribution in [3.8, 4) is 5.75 Å². The lowest BCUT2D eigenvalue weighted by molar-refractivity contribution is -0.192. The van der Waals surface area contributed by atoms with E-state index in [-0.39, 0.29) is 22.3 Å². The molecule has 0 aliphatic heterocycles. The highest BCUT2D eigenvalue weighted by Gasteiger charge is 2.72. The van der Waals surface area contributed by atoms with Gasteiger partial charge in [-0.3, -0.25) is 28.9 Å². The molecule has 0 aromatic heterocycles. The molecule has 5 rings (SSSR count). The van der Waals surface area contributed by atoms with Crippen molar-refractivity contribution in [1.29, 1.82) is 0 Å². The first-order valence-electron chi connectivity index (χ1n) is 12.2. The lowest BCUT2D eigenvalue weighted by atomic mass is 9.50. The van der Waals surface area contributed by atoms with Crippen LogP contribution < -0.4 is 5.73 Å². The molecular weight excluding hydrogens is 530 g/mol. The maximum absolute atomic E-state index is 14.1. The van der Waals surface area contributed by atoms with Crippen molar-refractivity contribution in [2.24, 2.45) is 29.4 Å². The SMILES string of the molecule is CN(C)C1C(=O)C(C(N)=O)C(=O)C2(O)C(=O)C3C(=O)c4c(O)cccc4/C(=C\c4cc(F)cc(F)c4)C3C(O)C12. The Morgan fingerprint density at radius 3 is 2.25 bits per heavy atom. The number of carbonyl (C=O) groups excluding carboxylic acids is 5. The molecule has 208 valence electrons. The molecule has 0 spiro atoms. The second kappa shape index (κ2) is 9.22. The van der Waals surface area contributed by atoms with Crippen LogP contribution in [0.2, 0.25) is 0 Å². The van der Waals surface area contributed by atoms with Crippen LogP contribution in [0, 0.1) is 35.3 Å². The van der Waals surface area contributed by atoms with E-state index < -0.39 is 87.8 Å². The third-order valence-electron chi connectivity index (χ3n) is 8.08. The zero-order chi connectivity index (χ0) is 29.4. The fourth-order valence-corrected chi connectivity index (χ4v) is 6.51. The minimum absolute atomic E-state index is 0.00201. The number of hydrogen-bond donors (Lipinski definition) is 4. The number of carbonyl (C=O) groups is 5. The monoisotopic (exact) mass is 554 g/mol. The van der Waals surface area contributed by atoms with Crippen LogP contribution in [-0.4, -0.2) is 81.1 Å². The number of ketones is 4. The second-order valence-corrected chi connectivity index (χ2v) is 10.5. The van der Waals surface area contributed by atoms with Gasteiger partial charge in [0.15, 0.2) is 34.7 Å². The number of likely N-dealkylation sites (N-methyl/N-ethyl adjacent to an activating group) is 1. The first-order chi connectivity index (χ1) is 18.7. The van der Waals surface area contributed by atoms with Gasteiger partial charge in [-0.05, 0) is 49.0 Å². The van der Waals surface area contributed by atoms with Gasteiger partial charge in [-0.2, -0.15) is 0 Å². The number of hydrogen-bond acceptors (Lipinski definition) is 9. The molecule has 3 aliphatic carbocycles. The van der Waals surface area contributed by atoms with Crippen LogP contribution in [0.4, 0.5) is 8.78 Å². The highest BCUT2D eigenvalue weighted by molar-refractivity contribution is 6.33. The van der Waals surface area contributed by atoms with E-state index in [1.54, 1.807) is 0 Å². The largest absolute Gasteiger partial charge is 0.507 e. The summed E-state index contributed by atoms with van der Waals surface area (Å²) in [6.45, 7) is 0. The number of phenols is 1. The van der Waals surface area contributed by atoms with E-state index in [0.717, 1.165) is 18.2 Å². The van der Waals surface area contributed by atoms with Gasteiger partial charge >= 0.3 is 0 Å². The van der Waals surface area contributed by atoms with Gasteiger partial charge in [-0.25, -0.2) is 8.78 Å². The third kappa shape index (κ3) is 3.67. The highest BCUT2D eigenvalue weighted by Crippen LogP contribution is 2.54. The number of nitrogens with two attached hydrogens (primary N) is 1. The van der Waals surface area contributed by atoms with Crippen LogP contribution in [0.5, 0.6) is 5.75 Å². The topological polar surface area (TPSA) is 175 Å². The number of phenolic OH excluding ortho intramolecular Hbond substituents is 1. The van der Waals surface area contributed by atoms with Crippen molar-refractivity contribution < 1.29 is 48.1 Å². The summed E-state index contributed by atoms with van der Waals surface area (Å²) in [5.41, 5.74) is 1.74. The maximum atomic E-state index is 14.1. The van der Waals surface area contributed by atoms with Crippen LogP contribution in [-0.2, 0) is 19.2 Å². The Kier molecular flexibility index (Phi) is 6.32. The molecule has 1 amide bonds. The molecule has 2 fully saturated rings. The Morgan fingerprint density at radius 1 is 1.05 bits per heavy atom. The van der Waals surface area contributed by atoms with Crippen molar-refractivity contribution in [2.75, 3.05) is 14.1 Å². The van der Waals surface area contributed by atoms with E-state index in [1.165, 1.54) is 37.2 Å². The van der Waals surface area contributed by atoms with Crippen molar-refractivity contribution >= 4 is 40.7 Å². The molecule has 0 heterocycles. The summed E-state index contributed by atoms with van der Waals surface area (Å²) in [6, 6.07) is 4.93.